The van der Waals surface area contributed by atoms with Gasteiger partial charge in [-0.2, -0.15) is 0 Å². The molecule has 0 saturated heterocycles. The van der Waals surface area contributed by atoms with Gasteiger partial charge in [0.2, 0.25) is 0 Å². The van der Waals surface area contributed by atoms with Gasteiger partial charge in [0.15, 0.2) is 5.15 Å². The average molecular weight is 266 g/mol. The quantitative estimate of drug-likeness (QED) is 0.923. The van der Waals surface area contributed by atoms with Gasteiger partial charge in [0.25, 0.3) is 0 Å². The Hall–Kier alpha value is -1.52. The molecule has 4 nitrogen and oxygen atoms in total. The Bertz CT molecular complexity index is 551. The second kappa shape index (κ2) is 5.42. The Kier molecular flexibility index (Phi) is 3.89. The van der Waals surface area contributed by atoms with Crippen molar-refractivity contribution in [2.75, 3.05) is 14.2 Å². The Morgan fingerprint density at radius 1 is 1.44 bits per heavy atom. The number of ether oxygens (including phenoxy) is 1. The molecular weight excluding hydrogens is 250 g/mol. The first-order chi connectivity index (χ1) is 8.67. The Labute approximate surface area is 112 Å². The first-order valence-corrected chi connectivity index (χ1v) is 6.05. The van der Waals surface area contributed by atoms with E-state index in [2.05, 4.69) is 10.3 Å². The summed E-state index contributed by atoms with van der Waals surface area (Å²) in [6.45, 7) is 0.681. The van der Waals surface area contributed by atoms with Crippen LogP contribution in [-0.4, -0.2) is 23.7 Å². The van der Waals surface area contributed by atoms with Crippen LogP contribution in [0.2, 0.25) is 5.15 Å². The van der Waals surface area contributed by atoms with Gasteiger partial charge in [0, 0.05) is 12.6 Å². The monoisotopic (exact) mass is 265 g/mol. The molecular formula is C13H16ClN3O. The number of methoxy groups -OCH3 is 1. The van der Waals surface area contributed by atoms with Crippen molar-refractivity contribution in [1.29, 1.82) is 0 Å². The van der Waals surface area contributed by atoms with E-state index in [0.29, 0.717) is 11.7 Å². The first-order valence-electron chi connectivity index (χ1n) is 5.67. The molecule has 0 atom stereocenters. The van der Waals surface area contributed by atoms with E-state index in [9.17, 15) is 0 Å². The van der Waals surface area contributed by atoms with Gasteiger partial charge in [0.05, 0.1) is 19.3 Å². The summed E-state index contributed by atoms with van der Waals surface area (Å²) in [7, 11) is 5.49. The van der Waals surface area contributed by atoms with Crippen LogP contribution in [0.25, 0.3) is 11.3 Å². The molecule has 18 heavy (non-hydrogen) atoms. The summed E-state index contributed by atoms with van der Waals surface area (Å²) in [6.07, 6.45) is 0. The molecule has 2 rings (SSSR count). The Morgan fingerprint density at radius 3 is 2.89 bits per heavy atom. The standard InChI is InChI=1S/C13H16ClN3O/c1-15-8-11-16-13(14)12(17(11)2)9-5-4-6-10(7-9)18-3/h4-7,15H,8H2,1-3H3. The van der Waals surface area contributed by atoms with Crippen molar-refractivity contribution in [3.8, 4) is 17.0 Å². The number of nitrogens with zero attached hydrogens (tertiary/aromatic N) is 2. The predicted octanol–water partition coefficient (Wildman–Crippen LogP) is 2.47. The highest BCUT2D eigenvalue weighted by Crippen LogP contribution is 2.30. The lowest BCUT2D eigenvalue weighted by atomic mass is 10.1. The summed E-state index contributed by atoms with van der Waals surface area (Å²) in [5, 5.41) is 3.58. The number of hydrogen-bond donors (Lipinski definition) is 1. The van der Waals surface area contributed by atoms with Crippen molar-refractivity contribution in [2.24, 2.45) is 7.05 Å². The van der Waals surface area contributed by atoms with Crippen molar-refractivity contribution < 1.29 is 4.74 Å². The number of rotatable bonds is 4. The number of hydrogen-bond acceptors (Lipinski definition) is 3. The van der Waals surface area contributed by atoms with Gasteiger partial charge in [-0.05, 0) is 19.2 Å². The lowest BCUT2D eigenvalue weighted by molar-refractivity contribution is 0.415. The molecule has 0 unspecified atom stereocenters. The topological polar surface area (TPSA) is 39.1 Å². The number of aromatic nitrogens is 2. The minimum absolute atomic E-state index is 0.510. The molecule has 0 spiro atoms. The molecule has 1 aromatic carbocycles. The summed E-state index contributed by atoms with van der Waals surface area (Å²) < 4.78 is 7.22. The van der Waals surface area contributed by atoms with Crippen molar-refractivity contribution in [2.45, 2.75) is 6.54 Å². The van der Waals surface area contributed by atoms with Gasteiger partial charge >= 0.3 is 0 Å². The summed E-state index contributed by atoms with van der Waals surface area (Å²) in [5.41, 5.74) is 1.90. The molecule has 0 saturated carbocycles. The lowest BCUT2D eigenvalue weighted by Crippen LogP contribution is -2.10. The van der Waals surface area contributed by atoms with E-state index in [-0.39, 0.29) is 0 Å². The Balaban J connectivity index is 2.49. The third-order valence-electron chi connectivity index (χ3n) is 2.82. The smallest absolute Gasteiger partial charge is 0.155 e. The highest BCUT2D eigenvalue weighted by Gasteiger charge is 2.14. The predicted molar refractivity (Wildman–Crippen MR) is 73.0 cm³/mol. The number of benzene rings is 1. The third-order valence-corrected chi connectivity index (χ3v) is 3.09. The fourth-order valence-electron chi connectivity index (χ4n) is 1.91. The molecule has 0 fully saturated rings. The Morgan fingerprint density at radius 2 is 2.22 bits per heavy atom. The van der Waals surface area contributed by atoms with E-state index in [1.807, 2.05) is 42.9 Å². The van der Waals surface area contributed by atoms with Gasteiger partial charge in [-0.25, -0.2) is 4.98 Å². The zero-order valence-corrected chi connectivity index (χ0v) is 11.5. The van der Waals surface area contributed by atoms with Gasteiger partial charge in [-0.15, -0.1) is 0 Å². The second-order valence-corrected chi connectivity index (χ2v) is 4.35. The zero-order valence-electron chi connectivity index (χ0n) is 10.7. The van der Waals surface area contributed by atoms with Crippen LogP contribution in [0, 0.1) is 0 Å². The van der Waals surface area contributed by atoms with Crippen LogP contribution in [0.1, 0.15) is 5.82 Å². The maximum atomic E-state index is 6.22. The summed E-state index contributed by atoms with van der Waals surface area (Å²) in [5.74, 6) is 1.71. The molecule has 1 aromatic heterocycles. The van der Waals surface area contributed by atoms with E-state index in [0.717, 1.165) is 22.8 Å². The maximum absolute atomic E-state index is 6.22. The van der Waals surface area contributed by atoms with E-state index >= 15 is 0 Å². The summed E-state index contributed by atoms with van der Waals surface area (Å²) in [6, 6.07) is 7.79. The molecule has 0 bridgehead atoms. The van der Waals surface area contributed by atoms with Crippen LogP contribution in [-0.2, 0) is 13.6 Å². The van der Waals surface area contributed by atoms with Crippen LogP contribution in [0.5, 0.6) is 5.75 Å². The fraction of sp³-hybridized carbons (Fsp3) is 0.308. The lowest BCUT2D eigenvalue weighted by Gasteiger charge is -2.07. The zero-order chi connectivity index (χ0) is 13.1. The molecule has 0 aliphatic heterocycles. The number of nitrogens with one attached hydrogen (secondary N) is 1. The molecule has 0 aliphatic rings. The normalized spacial score (nSPS) is 10.7. The highest BCUT2D eigenvalue weighted by molar-refractivity contribution is 6.32. The molecule has 5 heteroatoms. The highest BCUT2D eigenvalue weighted by atomic mass is 35.5. The van der Waals surface area contributed by atoms with Crippen molar-refractivity contribution in [3.05, 3.63) is 35.2 Å². The maximum Gasteiger partial charge on any atom is 0.155 e. The molecule has 0 radical (unpaired) electrons. The average Bonchev–Trinajstić information content (AvgIpc) is 2.65. The summed E-state index contributed by atoms with van der Waals surface area (Å²) >= 11 is 6.22. The number of halogens is 1. The molecule has 96 valence electrons. The van der Waals surface area contributed by atoms with Crippen LogP contribution in [0.4, 0.5) is 0 Å². The summed E-state index contributed by atoms with van der Waals surface area (Å²) in [4.78, 5) is 4.36. The largest absolute Gasteiger partial charge is 0.497 e. The van der Waals surface area contributed by atoms with Gasteiger partial charge < -0.3 is 14.6 Å². The minimum Gasteiger partial charge on any atom is -0.497 e. The third kappa shape index (κ3) is 2.35. The van der Waals surface area contributed by atoms with E-state index < -0.39 is 0 Å². The SMILES string of the molecule is CNCc1nc(Cl)c(-c2cccc(OC)c2)n1C. The fourth-order valence-corrected chi connectivity index (χ4v) is 2.24. The molecule has 1 heterocycles. The van der Waals surface area contributed by atoms with Crippen LogP contribution < -0.4 is 10.1 Å². The van der Waals surface area contributed by atoms with Crippen molar-refractivity contribution in [3.63, 3.8) is 0 Å². The van der Waals surface area contributed by atoms with E-state index in [1.54, 1.807) is 7.11 Å². The van der Waals surface area contributed by atoms with Gasteiger partial charge in [0.1, 0.15) is 11.6 Å². The number of imidazole rings is 1. The molecule has 1 N–H and O–H groups in total. The van der Waals surface area contributed by atoms with Crippen LogP contribution in [0.15, 0.2) is 24.3 Å². The van der Waals surface area contributed by atoms with Crippen LogP contribution in [0.3, 0.4) is 0 Å². The van der Waals surface area contributed by atoms with Gasteiger partial charge in [-0.1, -0.05) is 23.7 Å². The molecule has 0 aliphatic carbocycles. The molecule has 0 amide bonds. The van der Waals surface area contributed by atoms with Crippen molar-refractivity contribution in [1.82, 2.24) is 14.9 Å². The van der Waals surface area contributed by atoms with E-state index in [4.69, 9.17) is 16.3 Å². The molecule has 2 aromatic rings. The second-order valence-electron chi connectivity index (χ2n) is 3.99. The van der Waals surface area contributed by atoms with Gasteiger partial charge in [-0.3, -0.25) is 0 Å². The first kappa shape index (κ1) is 12.9. The van der Waals surface area contributed by atoms with Crippen LogP contribution >= 0.6 is 11.6 Å². The van der Waals surface area contributed by atoms with Crippen molar-refractivity contribution >= 4 is 11.6 Å². The minimum atomic E-state index is 0.510. The van der Waals surface area contributed by atoms with E-state index in [1.165, 1.54) is 0 Å².